The van der Waals surface area contributed by atoms with Crippen LogP contribution in [0.25, 0.3) is 0 Å². The first-order valence-corrected chi connectivity index (χ1v) is 8.59. The Morgan fingerprint density at radius 3 is 2.32 bits per heavy atom. The molecule has 22 heavy (non-hydrogen) atoms. The van der Waals surface area contributed by atoms with Crippen molar-refractivity contribution in [3.8, 4) is 5.75 Å². The highest BCUT2D eigenvalue weighted by Crippen LogP contribution is 2.26. The fourth-order valence-electron chi connectivity index (χ4n) is 2.30. The topological polar surface area (TPSA) is 55.4 Å². The van der Waals surface area contributed by atoms with E-state index >= 15 is 0 Å². The molecule has 0 saturated heterocycles. The summed E-state index contributed by atoms with van der Waals surface area (Å²) >= 11 is 5.90. The van der Waals surface area contributed by atoms with Crippen molar-refractivity contribution in [1.29, 1.82) is 0 Å². The molecule has 0 aromatic heterocycles. The summed E-state index contributed by atoms with van der Waals surface area (Å²) < 4.78 is 32.7. The number of rotatable bonds is 5. The molecule has 0 radical (unpaired) electrons. The van der Waals surface area contributed by atoms with Crippen LogP contribution in [0.3, 0.4) is 0 Å². The molecule has 2 aromatic rings. The summed E-state index contributed by atoms with van der Waals surface area (Å²) in [6, 6.07) is 10.3. The van der Waals surface area contributed by atoms with E-state index in [1.165, 1.54) is 0 Å². The molecule has 2 rings (SSSR count). The first-order chi connectivity index (χ1) is 10.3. The largest absolute Gasteiger partial charge is 0.496 e. The van der Waals surface area contributed by atoms with Gasteiger partial charge in [0.05, 0.1) is 12.0 Å². The van der Waals surface area contributed by atoms with E-state index in [2.05, 4.69) is 4.72 Å². The average molecular weight is 340 g/mol. The molecule has 0 atom stereocenters. The third kappa shape index (κ3) is 3.80. The minimum atomic E-state index is -3.59. The average Bonchev–Trinajstić information content (AvgIpc) is 2.45. The van der Waals surface area contributed by atoms with E-state index in [4.69, 9.17) is 16.3 Å². The van der Waals surface area contributed by atoms with E-state index in [0.29, 0.717) is 10.8 Å². The van der Waals surface area contributed by atoms with Gasteiger partial charge in [0.15, 0.2) is 0 Å². The molecule has 0 fully saturated rings. The predicted octanol–water partition coefficient (Wildman–Crippen LogP) is 3.44. The maximum atomic E-state index is 12.4. The Morgan fingerprint density at radius 2 is 1.77 bits per heavy atom. The molecule has 6 heteroatoms. The molecule has 0 aliphatic rings. The fraction of sp³-hybridized carbons (Fsp3) is 0.250. The normalized spacial score (nSPS) is 11.5. The number of nitrogens with one attached hydrogen (secondary N) is 1. The van der Waals surface area contributed by atoms with Gasteiger partial charge in [0.1, 0.15) is 5.75 Å². The quantitative estimate of drug-likeness (QED) is 0.907. The zero-order valence-corrected chi connectivity index (χ0v) is 14.3. The second kappa shape index (κ2) is 6.69. The summed E-state index contributed by atoms with van der Waals surface area (Å²) in [6.45, 7) is 3.83. The van der Waals surface area contributed by atoms with Crippen LogP contribution in [-0.2, 0) is 16.6 Å². The monoisotopic (exact) mass is 339 g/mol. The summed E-state index contributed by atoms with van der Waals surface area (Å²) in [7, 11) is -2.02. The lowest BCUT2D eigenvalue weighted by Crippen LogP contribution is -2.23. The van der Waals surface area contributed by atoms with Gasteiger partial charge in [-0.3, -0.25) is 0 Å². The van der Waals surface area contributed by atoms with Crippen LogP contribution in [0, 0.1) is 13.8 Å². The molecule has 0 aliphatic heterocycles. The van der Waals surface area contributed by atoms with Gasteiger partial charge in [-0.2, -0.15) is 0 Å². The van der Waals surface area contributed by atoms with Crippen molar-refractivity contribution in [1.82, 2.24) is 4.72 Å². The van der Waals surface area contributed by atoms with E-state index in [1.54, 1.807) is 37.4 Å². The van der Waals surface area contributed by atoms with Crippen LogP contribution >= 0.6 is 11.6 Å². The molecule has 1 N–H and O–H groups in total. The third-order valence-electron chi connectivity index (χ3n) is 3.30. The molecular formula is C16H18ClNO3S. The smallest absolute Gasteiger partial charge is 0.240 e. The van der Waals surface area contributed by atoms with E-state index < -0.39 is 10.0 Å². The first-order valence-electron chi connectivity index (χ1n) is 6.73. The van der Waals surface area contributed by atoms with Gasteiger partial charge in [0, 0.05) is 11.6 Å². The molecule has 0 unspecified atom stereocenters. The van der Waals surface area contributed by atoms with Crippen molar-refractivity contribution >= 4 is 21.6 Å². The standard InChI is InChI=1S/C16H18ClNO3S/c1-11-7-15(8-12(2)16(11)21-3)22(19,20)18-10-13-5-4-6-14(17)9-13/h4-9,18H,10H2,1-3H3. The van der Waals surface area contributed by atoms with Crippen molar-refractivity contribution in [3.05, 3.63) is 58.1 Å². The zero-order chi connectivity index (χ0) is 16.3. The Balaban J connectivity index is 2.24. The van der Waals surface area contributed by atoms with Crippen LogP contribution in [0.4, 0.5) is 0 Å². The van der Waals surface area contributed by atoms with E-state index in [9.17, 15) is 8.42 Å². The summed E-state index contributed by atoms with van der Waals surface area (Å²) in [5, 5.41) is 0.577. The highest BCUT2D eigenvalue weighted by Gasteiger charge is 2.17. The minimum absolute atomic E-state index is 0.188. The van der Waals surface area contributed by atoms with Crippen molar-refractivity contribution in [3.63, 3.8) is 0 Å². The van der Waals surface area contributed by atoms with Gasteiger partial charge in [-0.25, -0.2) is 13.1 Å². The Bertz CT molecular complexity index is 765. The number of ether oxygens (including phenoxy) is 1. The number of hydrogen-bond donors (Lipinski definition) is 1. The molecule has 2 aromatic carbocycles. The van der Waals surface area contributed by atoms with Gasteiger partial charge in [0.2, 0.25) is 10.0 Å². The lowest BCUT2D eigenvalue weighted by atomic mass is 10.1. The highest BCUT2D eigenvalue weighted by molar-refractivity contribution is 7.89. The second-order valence-corrected chi connectivity index (χ2v) is 7.25. The molecule has 118 valence electrons. The summed E-state index contributed by atoms with van der Waals surface area (Å²) in [6.07, 6.45) is 0. The lowest BCUT2D eigenvalue weighted by molar-refractivity contribution is 0.408. The zero-order valence-electron chi connectivity index (χ0n) is 12.7. The van der Waals surface area contributed by atoms with E-state index in [0.717, 1.165) is 16.7 Å². The van der Waals surface area contributed by atoms with Gasteiger partial charge in [0.25, 0.3) is 0 Å². The van der Waals surface area contributed by atoms with Crippen molar-refractivity contribution < 1.29 is 13.2 Å². The van der Waals surface area contributed by atoms with Gasteiger partial charge < -0.3 is 4.74 Å². The molecule has 0 amide bonds. The van der Waals surface area contributed by atoms with Crippen molar-refractivity contribution in [2.45, 2.75) is 25.3 Å². The molecule has 0 spiro atoms. The Kier molecular flexibility index (Phi) is 5.11. The van der Waals surface area contributed by atoms with Gasteiger partial charge >= 0.3 is 0 Å². The van der Waals surface area contributed by atoms with Gasteiger partial charge in [-0.15, -0.1) is 0 Å². The first kappa shape index (κ1) is 16.8. The fourth-order valence-corrected chi connectivity index (χ4v) is 3.70. The summed E-state index contributed by atoms with van der Waals surface area (Å²) in [5.74, 6) is 0.703. The van der Waals surface area contributed by atoms with E-state index in [-0.39, 0.29) is 11.4 Å². The van der Waals surface area contributed by atoms with Gasteiger partial charge in [-0.1, -0.05) is 23.7 Å². The van der Waals surface area contributed by atoms with E-state index in [1.807, 2.05) is 19.9 Å². The van der Waals surface area contributed by atoms with Crippen molar-refractivity contribution in [2.24, 2.45) is 0 Å². The number of methoxy groups -OCH3 is 1. The van der Waals surface area contributed by atoms with Crippen LogP contribution in [0.1, 0.15) is 16.7 Å². The Morgan fingerprint density at radius 1 is 1.14 bits per heavy atom. The summed E-state index contributed by atoms with van der Waals surface area (Å²) in [5.41, 5.74) is 2.37. The number of aryl methyl sites for hydroxylation is 2. The maximum Gasteiger partial charge on any atom is 0.240 e. The van der Waals surface area contributed by atoms with Crippen LogP contribution in [0.15, 0.2) is 41.3 Å². The van der Waals surface area contributed by atoms with Gasteiger partial charge in [-0.05, 0) is 54.8 Å². The van der Waals surface area contributed by atoms with Crippen LogP contribution < -0.4 is 9.46 Å². The second-order valence-electron chi connectivity index (χ2n) is 5.04. The van der Waals surface area contributed by atoms with Crippen molar-refractivity contribution in [2.75, 3.05) is 7.11 Å². The van der Waals surface area contributed by atoms with Crippen LogP contribution in [-0.4, -0.2) is 15.5 Å². The minimum Gasteiger partial charge on any atom is -0.496 e. The summed E-state index contributed by atoms with van der Waals surface area (Å²) in [4.78, 5) is 0.227. The molecule has 0 bridgehead atoms. The van der Waals surface area contributed by atoms with Crippen LogP contribution in [0.2, 0.25) is 5.02 Å². The Labute approximate surface area is 136 Å². The molecule has 0 aliphatic carbocycles. The number of benzene rings is 2. The third-order valence-corrected chi connectivity index (χ3v) is 4.92. The highest BCUT2D eigenvalue weighted by atomic mass is 35.5. The Hall–Kier alpha value is -1.56. The van der Waals surface area contributed by atoms with Crippen LogP contribution in [0.5, 0.6) is 5.75 Å². The number of hydrogen-bond acceptors (Lipinski definition) is 3. The SMILES string of the molecule is COc1c(C)cc(S(=O)(=O)NCc2cccc(Cl)c2)cc1C. The maximum absolute atomic E-state index is 12.4. The lowest BCUT2D eigenvalue weighted by Gasteiger charge is -2.12. The molecular weight excluding hydrogens is 322 g/mol. The number of halogens is 1. The number of sulfonamides is 1. The molecule has 0 saturated carbocycles. The molecule has 0 heterocycles. The predicted molar refractivity (Wildman–Crippen MR) is 87.9 cm³/mol. The molecule has 4 nitrogen and oxygen atoms in total.